The van der Waals surface area contributed by atoms with Gasteiger partial charge < -0.3 is 4.74 Å². The minimum Gasteiger partial charge on any atom is -0.469 e. The normalized spacial score (nSPS) is 10.3. The monoisotopic (exact) mass is 296 g/mol. The summed E-state index contributed by atoms with van der Waals surface area (Å²) >= 11 is 0. The third kappa shape index (κ3) is 15.1. The number of hydrogen-bond acceptors (Lipinski definition) is 3. The summed E-state index contributed by atoms with van der Waals surface area (Å²) in [5.41, 5.74) is 0. The van der Waals surface area contributed by atoms with Crippen molar-refractivity contribution in [2.24, 2.45) is 0 Å². The van der Waals surface area contributed by atoms with E-state index in [0.29, 0.717) is 12.2 Å². The van der Waals surface area contributed by atoms with Crippen molar-refractivity contribution >= 4 is 11.8 Å². The molecule has 0 aromatic rings. The summed E-state index contributed by atoms with van der Waals surface area (Å²) in [5.74, 6) is 0.284. The summed E-state index contributed by atoms with van der Waals surface area (Å²) in [4.78, 5) is 22.6. The summed E-state index contributed by atoms with van der Waals surface area (Å²) < 4.78 is 4.59. The van der Waals surface area contributed by atoms with Gasteiger partial charge in [-0.1, -0.05) is 38.2 Å². The number of allylic oxidation sites excluding steroid dienone is 1. The van der Waals surface area contributed by atoms with E-state index in [-0.39, 0.29) is 5.97 Å². The van der Waals surface area contributed by atoms with Crippen LogP contribution in [0.3, 0.4) is 0 Å². The molecule has 0 unspecified atom stereocenters. The van der Waals surface area contributed by atoms with Crippen LogP contribution in [0.2, 0.25) is 0 Å². The molecular formula is C18H32O3. The van der Waals surface area contributed by atoms with Crippen molar-refractivity contribution in [2.45, 2.75) is 83.5 Å². The second-order valence-electron chi connectivity index (χ2n) is 5.62. The zero-order valence-electron chi connectivity index (χ0n) is 13.7. The highest BCUT2D eigenvalue weighted by Gasteiger charge is 2.02. The molecule has 0 bridgehead atoms. The summed E-state index contributed by atoms with van der Waals surface area (Å²) in [5, 5.41) is 0. The first-order chi connectivity index (χ1) is 10.2. The van der Waals surface area contributed by atoms with E-state index in [9.17, 15) is 9.59 Å². The fourth-order valence-electron chi connectivity index (χ4n) is 2.31. The van der Waals surface area contributed by atoms with E-state index in [0.717, 1.165) is 64.2 Å². The third-order valence-corrected chi connectivity index (χ3v) is 3.68. The average molecular weight is 296 g/mol. The molecule has 0 heterocycles. The standard InChI is InChI=1S/C18H32O3/c1-3-4-5-6-8-11-14-17(19)15-12-9-7-10-13-16-18(20)21-2/h3H,1,4-16H2,2H3. The van der Waals surface area contributed by atoms with Crippen molar-refractivity contribution in [3.8, 4) is 0 Å². The highest BCUT2D eigenvalue weighted by atomic mass is 16.5. The number of carbonyl (C=O) groups is 2. The molecule has 0 saturated carbocycles. The van der Waals surface area contributed by atoms with Gasteiger partial charge >= 0.3 is 5.97 Å². The minimum absolute atomic E-state index is 0.127. The van der Waals surface area contributed by atoms with Crippen molar-refractivity contribution in [2.75, 3.05) is 7.11 Å². The molecule has 0 spiro atoms. The van der Waals surface area contributed by atoms with E-state index < -0.39 is 0 Å². The molecule has 3 heteroatoms. The number of methoxy groups -OCH3 is 1. The number of Topliss-reactive ketones (excluding diaryl/α,β-unsaturated/α-hetero) is 1. The molecule has 0 aromatic carbocycles. The first-order valence-electron chi connectivity index (χ1n) is 8.40. The van der Waals surface area contributed by atoms with Gasteiger partial charge in [-0.05, 0) is 32.1 Å². The van der Waals surface area contributed by atoms with Crippen molar-refractivity contribution in [1.29, 1.82) is 0 Å². The first kappa shape index (κ1) is 19.9. The van der Waals surface area contributed by atoms with Crippen LogP contribution in [0.1, 0.15) is 83.5 Å². The highest BCUT2D eigenvalue weighted by Crippen LogP contribution is 2.11. The topological polar surface area (TPSA) is 43.4 Å². The Labute approximate surface area is 130 Å². The molecule has 0 rings (SSSR count). The van der Waals surface area contributed by atoms with E-state index in [1.165, 1.54) is 20.0 Å². The zero-order valence-corrected chi connectivity index (χ0v) is 13.7. The highest BCUT2D eigenvalue weighted by molar-refractivity contribution is 5.78. The van der Waals surface area contributed by atoms with Gasteiger partial charge in [0.05, 0.1) is 7.11 Å². The van der Waals surface area contributed by atoms with Crippen LogP contribution < -0.4 is 0 Å². The lowest BCUT2D eigenvalue weighted by Crippen LogP contribution is -1.99. The molecule has 0 fully saturated rings. The molecular weight excluding hydrogens is 264 g/mol. The first-order valence-corrected chi connectivity index (χ1v) is 8.40. The number of carbonyl (C=O) groups excluding carboxylic acids is 2. The van der Waals surface area contributed by atoms with Crippen molar-refractivity contribution in [1.82, 2.24) is 0 Å². The lowest BCUT2D eigenvalue weighted by Gasteiger charge is -2.02. The molecule has 0 aromatic heterocycles. The van der Waals surface area contributed by atoms with Crippen LogP contribution in [-0.4, -0.2) is 18.9 Å². The van der Waals surface area contributed by atoms with Crippen LogP contribution in [0, 0.1) is 0 Å². The number of rotatable bonds is 15. The van der Waals surface area contributed by atoms with Gasteiger partial charge in [-0.3, -0.25) is 9.59 Å². The van der Waals surface area contributed by atoms with Gasteiger partial charge in [-0.25, -0.2) is 0 Å². The molecule has 0 N–H and O–H groups in total. The van der Waals surface area contributed by atoms with E-state index in [4.69, 9.17) is 0 Å². The minimum atomic E-state index is -0.127. The summed E-state index contributed by atoms with van der Waals surface area (Å²) in [6.45, 7) is 3.70. The lowest BCUT2D eigenvalue weighted by molar-refractivity contribution is -0.140. The van der Waals surface area contributed by atoms with Gasteiger partial charge in [0.25, 0.3) is 0 Å². The second kappa shape index (κ2) is 15.3. The van der Waals surface area contributed by atoms with E-state index in [1.807, 2.05) is 6.08 Å². The molecule has 3 nitrogen and oxygen atoms in total. The maximum atomic E-state index is 11.7. The van der Waals surface area contributed by atoms with Gasteiger partial charge in [0.2, 0.25) is 0 Å². The molecule has 0 aliphatic heterocycles. The molecule has 0 saturated heterocycles. The van der Waals surface area contributed by atoms with Crippen LogP contribution in [-0.2, 0) is 14.3 Å². The average Bonchev–Trinajstić information content (AvgIpc) is 2.49. The Balaban J connectivity index is 3.22. The quantitative estimate of drug-likeness (QED) is 0.243. The number of ketones is 1. The molecule has 21 heavy (non-hydrogen) atoms. The van der Waals surface area contributed by atoms with Crippen LogP contribution in [0.4, 0.5) is 0 Å². The maximum absolute atomic E-state index is 11.7. The summed E-state index contributed by atoms with van der Waals surface area (Å²) in [6, 6.07) is 0. The van der Waals surface area contributed by atoms with Gasteiger partial charge in [-0.2, -0.15) is 0 Å². The Kier molecular flexibility index (Phi) is 14.5. The fourth-order valence-corrected chi connectivity index (χ4v) is 2.31. The van der Waals surface area contributed by atoms with Crippen molar-refractivity contribution < 1.29 is 14.3 Å². The van der Waals surface area contributed by atoms with E-state index in [1.54, 1.807) is 0 Å². The van der Waals surface area contributed by atoms with Gasteiger partial charge in [0, 0.05) is 19.3 Å². The van der Waals surface area contributed by atoms with Crippen LogP contribution in [0.25, 0.3) is 0 Å². The Morgan fingerprint density at radius 3 is 1.81 bits per heavy atom. The predicted octanol–water partition coefficient (Wildman–Crippen LogP) is 4.99. The number of ether oxygens (including phenoxy) is 1. The van der Waals surface area contributed by atoms with E-state index >= 15 is 0 Å². The second-order valence-corrected chi connectivity index (χ2v) is 5.62. The predicted molar refractivity (Wildman–Crippen MR) is 87.2 cm³/mol. The molecule has 0 aliphatic rings. The van der Waals surface area contributed by atoms with Gasteiger partial charge in [0.1, 0.15) is 5.78 Å². The van der Waals surface area contributed by atoms with E-state index in [2.05, 4.69) is 11.3 Å². The zero-order chi connectivity index (χ0) is 15.8. The Morgan fingerprint density at radius 2 is 1.29 bits per heavy atom. The fraction of sp³-hybridized carbons (Fsp3) is 0.778. The number of esters is 1. The van der Waals surface area contributed by atoms with Gasteiger partial charge in [0.15, 0.2) is 0 Å². The number of hydrogen-bond donors (Lipinski definition) is 0. The summed E-state index contributed by atoms with van der Waals surface area (Å²) in [6.07, 6.45) is 14.8. The van der Waals surface area contributed by atoms with Crippen molar-refractivity contribution in [3.63, 3.8) is 0 Å². The SMILES string of the molecule is C=CCCCCCCC(=O)CCCCCCCC(=O)OC. The molecule has 0 radical (unpaired) electrons. The van der Waals surface area contributed by atoms with Crippen LogP contribution in [0.5, 0.6) is 0 Å². The van der Waals surface area contributed by atoms with Crippen LogP contribution >= 0.6 is 0 Å². The largest absolute Gasteiger partial charge is 0.469 e. The van der Waals surface area contributed by atoms with Gasteiger partial charge in [-0.15, -0.1) is 6.58 Å². The maximum Gasteiger partial charge on any atom is 0.305 e. The molecule has 0 amide bonds. The van der Waals surface area contributed by atoms with Crippen LogP contribution in [0.15, 0.2) is 12.7 Å². The Hall–Kier alpha value is -1.12. The lowest BCUT2D eigenvalue weighted by atomic mass is 10.0. The molecule has 0 atom stereocenters. The number of unbranched alkanes of at least 4 members (excludes halogenated alkanes) is 8. The van der Waals surface area contributed by atoms with Crippen molar-refractivity contribution in [3.05, 3.63) is 12.7 Å². The third-order valence-electron chi connectivity index (χ3n) is 3.68. The Morgan fingerprint density at radius 1 is 0.810 bits per heavy atom. The smallest absolute Gasteiger partial charge is 0.305 e. The summed E-state index contributed by atoms with van der Waals surface area (Å²) in [7, 11) is 1.42. The Bertz CT molecular complexity index is 284. The molecule has 0 aliphatic carbocycles. The molecule has 122 valence electrons.